The van der Waals surface area contributed by atoms with Crippen LogP contribution in [0.1, 0.15) is 18.4 Å². The molecule has 5 saturated heterocycles. The third kappa shape index (κ3) is 1.93. The van der Waals surface area contributed by atoms with Gasteiger partial charge in [0, 0.05) is 36.2 Å². The van der Waals surface area contributed by atoms with Crippen molar-refractivity contribution in [1.29, 1.82) is 0 Å². The summed E-state index contributed by atoms with van der Waals surface area (Å²) < 4.78 is 23.6. The lowest BCUT2D eigenvalue weighted by Gasteiger charge is -2.54. The number of aliphatic imine (C=N–C) groups is 1. The number of piperidine rings is 3. The molecular formula is C22H26N2O5. The smallest absolute Gasteiger partial charge is 0.201 e. The second kappa shape index (κ2) is 5.89. The summed E-state index contributed by atoms with van der Waals surface area (Å²) in [6.07, 6.45) is 4.03. The van der Waals surface area contributed by atoms with Gasteiger partial charge in [0.05, 0.1) is 40.0 Å². The van der Waals surface area contributed by atoms with Crippen molar-refractivity contribution in [3.05, 3.63) is 23.3 Å². The first-order valence-corrected chi connectivity index (χ1v) is 10.3. The number of ether oxygens (including phenoxy) is 4. The Morgan fingerprint density at radius 1 is 1.28 bits per heavy atom. The molecule has 0 saturated carbocycles. The summed E-state index contributed by atoms with van der Waals surface area (Å²) >= 11 is 0. The number of methoxy groups -OCH3 is 3. The minimum Gasteiger partial charge on any atom is -0.494 e. The van der Waals surface area contributed by atoms with Gasteiger partial charge in [0.1, 0.15) is 11.4 Å². The Labute approximate surface area is 169 Å². The Balaban J connectivity index is 1.58. The van der Waals surface area contributed by atoms with E-state index in [2.05, 4.69) is 4.90 Å². The first-order chi connectivity index (χ1) is 14.2. The van der Waals surface area contributed by atoms with Gasteiger partial charge in [0.25, 0.3) is 0 Å². The van der Waals surface area contributed by atoms with Gasteiger partial charge in [0.2, 0.25) is 5.90 Å². The van der Waals surface area contributed by atoms with Crippen LogP contribution in [0.3, 0.4) is 0 Å². The maximum Gasteiger partial charge on any atom is 0.201 e. The highest BCUT2D eigenvalue weighted by molar-refractivity contribution is 6.01. The van der Waals surface area contributed by atoms with Gasteiger partial charge in [-0.1, -0.05) is 11.6 Å². The number of rotatable bonds is 4. The average Bonchev–Trinajstić information content (AvgIpc) is 3.10. The SMILES string of the molecule is COc1cc(OC)c(OC)c2c1N=C1OCC3C4CC5N(CC4=CCO)C3CC125. The van der Waals surface area contributed by atoms with Gasteiger partial charge in [-0.15, -0.1) is 0 Å². The number of hydrogen-bond donors (Lipinski definition) is 1. The van der Waals surface area contributed by atoms with E-state index < -0.39 is 0 Å². The van der Waals surface area contributed by atoms with Crippen molar-refractivity contribution in [2.24, 2.45) is 16.8 Å². The van der Waals surface area contributed by atoms with Gasteiger partial charge >= 0.3 is 0 Å². The molecule has 1 aromatic rings. The Bertz CT molecular complexity index is 957. The highest BCUT2D eigenvalue weighted by Gasteiger charge is 2.70. The first-order valence-electron chi connectivity index (χ1n) is 10.3. The molecule has 7 nitrogen and oxygen atoms in total. The molecule has 5 bridgehead atoms. The Morgan fingerprint density at radius 3 is 2.83 bits per heavy atom. The minimum atomic E-state index is -0.332. The number of benzene rings is 1. The van der Waals surface area contributed by atoms with Gasteiger partial charge in [-0.05, 0) is 18.8 Å². The number of hydrogen-bond acceptors (Lipinski definition) is 7. The first kappa shape index (κ1) is 17.6. The Kier molecular flexibility index (Phi) is 3.57. The van der Waals surface area contributed by atoms with E-state index in [0.29, 0.717) is 42.0 Å². The van der Waals surface area contributed by atoms with E-state index >= 15 is 0 Å². The number of nitrogens with zero attached hydrogens (tertiary/aromatic N) is 2. The van der Waals surface area contributed by atoms with Crippen molar-refractivity contribution < 1.29 is 24.1 Å². The summed E-state index contributed by atoms with van der Waals surface area (Å²) in [4.78, 5) is 7.60. The van der Waals surface area contributed by atoms with Gasteiger partial charge in [-0.3, -0.25) is 4.90 Å². The summed E-state index contributed by atoms with van der Waals surface area (Å²) in [6, 6.07) is 2.60. The van der Waals surface area contributed by atoms with E-state index in [9.17, 15) is 5.11 Å². The zero-order valence-electron chi connectivity index (χ0n) is 17.0. The third-order valence-corrected chi connectivity index (χ3v) is 7.89. The van der Waals surface area contributed by atoms with Crippen LogP contribution in [-0.4, -0.2) is 69.1 Å². The van der Waals surface area contributed by atoms with Crippen LogP contribution in [-0.2, 0) is 10.2 Å². The predicted octanol–water partition coefficient (Wildman–Crippen LogP) is 2.04. The predicted molar refractivity (Wildman–Crippen MR) is 106 cm³/mol. The monoisotopic (exact) mass is 398 g/mol. The summed E-state index contributed by atoms with van der Waals surface area (Å²) in [6.45, 7) is 1.69. The highest BCUT2D eigenvalue weighted by atomic mass is 16.5. The number of fused-ring (bicyclic) bond motifs is 2. The second-order valence-corrected chi connectivity index (χ2v) is 8.66. The normalized spacial score (nSPS) is 39.0. The van der Waals surface area contributed by atoms with Crippen LogP contribution in [0.2, 0.25) is 0 Å². The van der Waals surface area contributed by atoms with Gasteiger partial charge in [0.15, 0.2) is 11.5 Å². The van der Waals surface area contributed by atoms with Crippen molar-refractivity contribution in [2.45, 2.75) is 30.3 Å². The summed E-state index contributed by atoms with van der Waals surface area (Å²) in [5, 5.41) is 9.49. The van der Waals surface area contributed by atoms with Crippen LogP contribution in [0, 0.1) is 11.8 Å². The standard InChI is InChI=1S/C22H26N2O5/c1-26-15-7-16(27-2)20(28-3)18-19(15)23-21-22(18)8-14-13(10-29-21)12-6-17(22)24(14)9-11(12)4-5-25/h4,7,12-14,17,25H,5-6,8-10H2,1-3H3. The fourth-order valence-corrected chi connectivity index (χ4v) is 6.84. The second-order valence-electron chi connectivity index (χ2n) is 8.66. The highest BCUT2D eigenvalue weighted by Crippen LogP contribution is 2.66. The zero-order valence-corrected chi connectivity index (χ0v) is 17.0. The van der Waals surface area contributed by atoms with E-state index in [-0.39, 0.29) is 12.0 Å². The zero-order chi connectivity index (χ0) is 19.9. The van der Waals surface area contributed by atoms with Gasteiger partial charge < -0.3 is 24.1 Å². The average molecular weight is 398 g/mol. The molecule has 0 aliphatic carbocycles. The van der Waals surface area contributed by atoms with Crippen molar-refractivity contribution in [2.75, 3.05) is 41.1 Å². The molecule has 29 heavy (non-hydrogen) atoms. The van der Waals surface area contributed by atoms with E-state index in [1.54, 1.807) is 21.3 Å². The van der Waals surface area contributed by atoms with Crippen LogP contribution in [0.5, 0.6) is 17.2 Å². The fourth-order valence-electron chi connectivity index (χ4n) is 6.84. The Morgan fingerprint density at radius 2 is 2.10 bits per heavy atom. The molecule has 6 aliphatic heterocycles. The molecule has 1 N–H and O–H groups in total. The lowest BCUT2D eigenvalue weighted by molar-refractivity contribution is -0.0155. The summed E-state index contributed by atoms with van der Waals surface area (Å²) in [5.74, 6) is 3.80. The van der Waals surface area contributed by atoms with E-state index in [4.69, 9.17) is 23.9 Å². The fraction of sp³-hybridized carbons (Fsp3) is 0.591. The topological polar surface area (TPSA) is 72.8 Å². The van der Waals surface area contributed by atoms with Crippen LogP contribution >= 0.6 is 0 Å². The maximum atomic E-state index is 9.49. The Hall–Kier alpha value is -2.25. The van der Waals surface area contributed by atoms with Crippen LogP contribution in [0.25, 0.3) is 0 Å². The molecule has 6 unspecified atom stereocenters. The van der Waals surface area contributed by atoms with Crippen LogP contribution < -0.4 is 14.2 Å². The molecule has 7 heteroatoms. The van der Waals surface area contributed by atoms with E-state index in [1.165, 1.54) is 5.57 Å². The minimum absolute atomic E-state index is 0.103. The molecule has 0 aromatic heterocycles. The third-order valence-electron chi connectivity index (χ3n) is 7.89. The quantitative estimate of drug-likeness (QED) is 0.783. The molecule has 0 amide bonds. The molecular weight excluding hydrogens is 372 g/mol. The maximum absolute atomic E-state index is 9.49. The number of aliphatic hydroxyl groups is 1. The van der Waals surface area contributed by atoms with Gasteiger partial charge in [-0.25, -0.2) is 4.99 Å². The van der Waals surface area contributed by atoms with Crippen molar-refractivity contribution in [1.82, 2.24) is 4.90 Å². The lowest BCUT2D eigenvalue weighted by Crippen LogP contribution is -2.61. The molecule has 5 fully saturated rings. The molecule has 154 valence electrons. The van der Waals surface area contributed by atoms with Crippen LogP contribution in [0.15, 0.2) is 22.7 Å². The summed E-state index contributed by atoms with van der Waals surface area (Å²) in [7, 11) is 5.01. The molecule has 6 aliphatic rings. The molecule has 6 atom stereocenters. The lowest BCUT2D eigenvalue weighted by atomic mass is 9.68. The molecule has 0 radical (unpaired) electrons. The molecule has 7 rings (SSSR count). The van der Waals surface area contributed by atoms with E-state index in [0.717, 1.165) is 42.3 Å². The van der Waals surface area contributed by atoms with Crippen molar-refractivity contribution in [3.63, 3.8) is 0 Å². The van der Waals surface area contributed by atoms with Crippen molar-refractivity contribution in [3.8, 4) is 17.2 Å². The van der Waals surface area contributed by atoms with E-state index in [1.807, 2.05) is 12.1 Å². The molecule has 6 heterocycles. The van der Waals surface area contributed by atoms with Crippen molar-refractivity contribution >= 4 is 11.6 Å². The summed E-state index contributed by atoms with van der Waals surface area (Å²) in [5.41, 5.74) is 2.90. The molecule has 1 spiro atoms. The van der Waals surface area contributed by atoms with Crippen LogP contribution in [0.4, 0.5) is 5.69 Å². The largest absolute Gasteiger partial charge is 0.494 e. The van der Waals surface area contributed by atoms with Gasteiger partial charge in [-0.2, -0.15) is 0 Å². The molecule has 1 aromatic carbocycles. The number of aliphatic hydroxyl groups excluding tert-OH is 1.